The normalized spacial score (nSPS) is 28.3. The van der Waals surface area contributed by atoms with Crippen LogP contribution in [0, 0.1) is 40.6 Å². The van der Waals surface area contributed by atoms with Crippen LogP contribution in [0.15, 0.2) is 75.3 Å². The summed E-state index contributed by atoms with van der Waals surface area (Å²) in [6, 6.07) is 19.5. The number of piperidine rings is 1. The average molecular weight is 565 g/mol. The summed E-state index contributed by atoms with van der Waals surface area (Å²) in [4.78, 5) is 3.94. The molecule has 2 aliphatic rings. The minimum atomic E-state index is -3.95. The van der Waals surface area contributed by atoms with Gasteiger partial charge in [0.1, 0.15) is 0 Å². The number of hydrogen-bond donors (Lipinski definition) is 0. The molecule has 0 bridgehead atoms. The Balaban J connectivity index is 1.95. The van der Waals surface area contributed by atoms with E-state index in [4.69, 9.17) is 11.3 Å². The van der Waals surface area contributed by atoms with Gasteiger partial charge in [-0.2, -0.15) is 14.8 Å². The van der Waals surface area contributed by atoms with Crippen LogP contribution in [-0.4, -0.2) is 31.4 Å². The first-order valence-electron chi connectivity index (χ1n) is 11.6. The second-order valence-corrected chi connectivity index (χ2v) is 12.0. The lowest BCUT2D eigenvalue weighted by molar-refractivity contribution is 0.0985. The second-order valence-electron chi connectivity index (χ2n) is 9.21. The zero-order valence-electron chi connectivity index (χ0n) is 20.0. The summed E-state index contributed by atoms with van der Waals surface area (Å²) in [5.41, 5.74) is -1.61. The quantitative estimate of drug-likeness (QED) is 0.439. The number of allylic oxidation sites excluding steroid dienone is 1. The van der Waals surface area contributed by atoms with Gasteiger partial charge in [-0.3, -0.25) is 4.85 Å². The van der Waals surface area contributed by atoms with Gasteiger partial charge in [0.15, 0.2) is 11.5 Å². The maximum Gasteiger partial charge on any atom is 0.340 e. The molecule has 4 atom stereocenters. The Kier molecular flexibility index (Phi) is 6.99. The highest BCUT2D eigenvalue weighted by atomic mass is 79.9. The van der Waals surface area contributed by atoms with Crippen LogP contribution in [0.2, 0.25) is 0 Å². The first-order chi connectivity index (χ1) is 17.2. The minimum absolute atomic E-state index is 0.0293. The molecule has 0 saturated carbocycles. The number of hydrogen-bond acceptors (Lipinski definition) is 5. The summed E-state index contributed by atoms with van der Waals surface area (Å²) in [6.45, 7) is 11.8. The Morgan fingerprint density at radius 1 is 1.17 bits per heavy atom. The van der Waals surface area contributed by atoms with Crippen molar-refractivity contribution in [3.05, 3.63) is 87.4 Å². The van der Waals surface area contributed by atoms with E-state index in [9.17, 15) is 18.9 Å². The molecule has 4 rings (SSSR count). The van der Waals surface area contributed by atoms with Gasteiger partial charge in [0, 0.05) is 17.4 Å². The molecule has 9 heteroatoms. The van der Waals surface area contributed by atoms with Crippen molar-refractivity contribution in [2.75, 3.05) is 13.2 Å². The number of halogens is 1. The van der Waals surface area contributed by atoms with Crippen molar-refractivity contribution in [3.63, 3.8) is 0 Å². The monoisotopic (exact) mass is 564 g/mol. The van der Waals surface area contributed by atoms with Gasteiger partial charge >= 0.3 is 5.54 Å². The topological polar surface area (TPSA) is 98.6 Å². The fourth-order valence-electron chi connectivity index (χ4n) is 5.37. The summed E-state index contributed by atoms with van der Waals surface area (Å²) in [5, 5.41) is 20.5. The number of rotatable bonds is 5. The van der Waals surface area contributed by atoms with Gasteiger partial charge in [-0.1, -0.05) is 46.3 Å². The fraction of sp³-hybridized carbons (Fsp3) is 0.370. The number of benzene rings is 2. The standard InChI is InChI=1S/C27H25BrN4O3S/c1-4-35-25-15-26(2,17-29)27(18-30,31-3)23-14-24(19-8-6-5-7-9-19)32(16-22(23)25)36(33,34)21-12-10-20(28)11-13-21/h5-13,23-24H,4,14-16H2,1-2H3/t23-,24+,26?,27?/m1/s1. The highest BCUT2D eigenvalue weighted by Crippen LogP contribution is 2.57. The van der Waals surface area contributed by atoms with Crippen LogP contribution in [-0.2, 0) is 14.8 Å². The lowest BCUT2D eigenvalue weighted by Crippen LogP contribution is -2.57. The molecular weight excluding hydrogens is 540 g/mol. The van der Waals surface area contributed by atoms with Gasteiger partial charge in [0.25, 0.3) is 0 Å². The second kappa shape index (κ2) is 9.71. The number of nitriles is 2. The minimum Gasteiger partial charge on any atom is -0.498 e. The number of ether oxygens (including phenoxy) is 1. The molecule has 1 fully saturated rings. The molecule has 0 radical (unpaired) electrons. The number of fused-ring (bicyclic) bond motifs is 1. The predicted octanol–water partition coefficient (Wildman–Crippen LogP) is 5.61. The van der Waals surface area contributed by atoms with Crippen LogP contribution in [0.4, 0.5) is 0 Å². The molecule has 184 valence electrons. The third-order valence-electron chi connectivity index (χ3n) is 7.29. The Bertz CT molecular complexity index is 1400. The molecule has 2 unspecified atom stereocenters. The zero-order chi connectivity index (χ0) is 26.1. The van der Waals surface area contributed by atoms with Gasteiger partial charge in [0.2, 0.25) is 10.0 Å². The Morgan fingerprint density at radius 3 is 2.39 bits per heavy atom. The van der Waals surface area contributed by atoms with Crippen molar-refractivity contribution >= 4 is 26.0 Å². The Labute approximate surface area is 220 Å². The molecule has 0 amide bonds. The van der Waals surface area contributed by atoms with Gasteiger partial charge in [0.05, 0.1) is 35.3 Å². The maximum absolute atomic E-state index is 14.0. The highest BCUT2D eigenvalue weighted by molar-refractivity contribution is 9.10. The Hall–Kier alpha value is -3.16. The van der Waals surface area contributed by atoms with E-state index < -0.39 is 32.9 Å². The first kappa shape index (κ1) is 25.9. The zero-order valence-corrected chi connectivity index (χ0v) is 22.4. The van der Waals surface area contributed by atoms with E-state index in [0.29, 0.717) is 17.9 Å². The van der Waals surface area contributed by atoms with E-state index in [2.05, 4.69) is 32.9 Å². The lowest BCUT2D eigenvalue weighted by Gasteiger charge is -2.48. The van der Waals surface area contributed by atoms with E-state index in [1.807, 2.05) is 37.3 Å². The maximum atomic E-state index is 14.0. The van der Waals surface area contributed by atoms with Gasteiger partial charge in [-0.25, -0.2) is 15.0 Å². The molecule has 2 aromatic carbocycles. The summed E-state index contributed by atoms with van der Waals surface area (Å²) < 4.78 is 36.1. The van der Waals surface area contributed by atoms with Crippen LogP contribution in [0.5, 0.6) is 0 Å². The number of nitrogens with zero attached hydrogens (tertiary/aromatic N) is 4. The molecular formula is C27H25BrN4O3S. The van der Waals surface area contributed by atoms with Gasteiger partial charge in [-0.15, -0.1) is 0 Å². The third-order valence-corrected chi connectivity index (χ3v) is 9.69. The molecule has 0 spiro atoms. The molecule has 1 heterocycles. The molecule has 1 aliphatic carbocycles. The summed E-state index contributed by atoms with van der Waals surface area (Å²) >= 11 is 3.36. The van der Waals surface area contributed by atoms with Gasteiger partial charge < -0.3 is 4.74 Å². The lowest BCUT2D eigenvalue weighted by atomic mass is 9.56. The molecule has 1 saturated heterocycles. The van der Waals surface area contributed by atoms with Gasteiger partial charge in [-0.05, 0) is 55.7 Å². The van der Waals surface area contributed by atoms with E-state index >= 15 is 0 Å². The SMILES string of the molecule is [C-]#[N+]C1(C#N)[C@@H]2C[C@@H](c3ccccc3)N(S(=O)(=O)c3ccc(Br)cc3)CC2=C(OCC)CC1(C)C#N. The third kappa shape index (κ3) is 4.00. The van der Waals surface area contributed by atoms with Crippen LogP contribution >= 0.6 is 15.9 Å². The number of sulfonamides is 1. The molecule has 7 nitrogen and oxygen atoms in total. The van der Waals surface area contributed by atoms with E-state index in [1.165, 1.54) is 4.31 Å². The van der Waals surface area contributed by atoms with E-state index in [-0.39, 0.29) is 24.3 Å². The van der Waals surface area contributed by atoms with Crippen LogP contribution in [0.3, 0.4) is 0 Å². The van der Waals surface area contributed by atoms with Crippen molar-refractivity contribution in [3.8, 4) is 12.1 Å². The summed E-state index contributed by atoms with van der Waals surface area (Å²) in [5.74, 6) is -0.162. The first-order valence-corrected chi connectivity index (χ1v) is 13.8. The molecule has 0 aromatic heterocycles. The van der Waals surface area contributed by atoms with E-state index in [1.54, 1.807) is 31.2 Å². The van der Waals surface area contributed by atoms with E-state index in [0.717, 1.165) is 10.0 Å². The molecule has 0 N–H and O–H groups in total. The van der Waals surface area contributed by atoms with Crippen molar-refractivity contribution in [1.29, 1.82) is 10.5 Å². The van der Waals surface area contributed by atoms with Crippen LogP contribution in [0.25, 0.3) is 4.85 Å². The summed E-state index contributed by atoms with van der Waals surface area (Å²) in [6.07, 6.45) is 0.250. The molecule has 2 aromatic rings. The largest absolute Gasteiger partial charge is 0.498 e. The molecule has 1 aliphatic heterocycles. The fourth-order valence-corrected chi connectivity index (χ4v) is 7.24. The molecule has 36 heavy (non-hydrogen) atoms. The van der Waals surface area contributed by atoms with Crippen LogP contribution < -0.4 is 0 Å². The van der Waals surface area contributed by atoms with Crippen molar-refractivity contribution in [1.82, 2.24) is 4.31 Å². The summed E-state index contributed by atoms with van der Waals surface area (Å²) in [7, 11) is -3.95. The highest BCUT2D eigenvalue weighted by Gasteiger charge is 2.68. The smallest absolute Gasteiger partial charge is 0.340 e. The van der Waals surface area contributed by atoms with Crippen molar-refractivity contribution < 1.29 is 13.2 Å². The Morgan fingerprint density at radius 2 is 1.83 bits per heavy atom. The van der Waals surface area contributed by atoms with Crippen molar-refractivity contribution in [2.24, 2.45) is 11.3 Å². The predicted molar refractivity (Wildman–Crippen MR) is 137 cm³/mol. The van der Waals surface area contributed by atoms with Crippen molar-refractivity contribution in [2.45, 2.75) is 43.2 Å². The van der Waals surface area contributed by atoms with Crippen LogP contribution in [0.1, 0.15) is 38.3 Å². The average Bonchev–Trinajstić information content (AvgIpc) is 2.89.